The van der Waals surface area contributed by atoms with E-state index in [1.165, 1.54) is 19.1 Å². The van der Waals surface area contributed by atoms with Crippen LogP contribution in [0.3, 0.4) is 0 Å². The topological polar surface area (TPSA) is 236 Å². The van der Waals surface area contributed by atoms with Crippen LogP contribution in [0.1, 0.15) is 103 Å². The molecule has 5 N–H and O–H groups in total. The Balaban J connectivity index is 1.76. The molecular formula is C41H58N3O12S3+. The second kappa shape index (κ2) is 18.8. The molecule has 4 rings (SSSR count). The zero-order valence-corrected chi connectivity index (χ0v) is 37.0. The number of hydrogen-bond donors (Lipinski definition) is 5. The molecule has 0 fully saturated rings. The normalized spacial score (nSPS) is 19.6. The van der Waals surface area contributed by atoms with Gasteiger partial charge in [-0.1, -0.05) is 31.1 Å². The molecule has 0 aromatic heterocycles. The lowest BCUT2D eigenvalue weighted by atomic mass is 9.69. The number of carboxylic acid groups (broad SMARTS) is 1. The van der Waals surface area contributed by atoms with Crippen molar-refractivity contribution in [3.8, 4) is 0 Å². The van der Waals surface area contributed by atoms with Gasteiger partial charge in [-0.15, -0.1) is 0 Å². The lowest BCUT2D eigenvalue weighted by Crippen LogP contribution is -2.35. The maximum atomic E-state index is 12.5. The minimum Gasteiger partial charge on any atom is -0.481 e. The first-order valence-corrected chi connectivity index (χ1v) is 24.3. The van der Waals surface area contributed by atoms with E-state index in [0.29, 0.717) is 49.9 Å². The fourth-order valence-electron chi connectivity index (χ4n) is 8.08. The summed E-state index contributed by atoms with van der Waals surface area (Å²) >= 11 is 0. The Bertz CT molecular complexity index is 2350. The van der Waals surface area contributed by atoms with Crippen molar-refractivity contribution >= 4 is 59.3 Å². The van der Waals surface area contributed by atoms with Gasteiger partial charge in [0.25, 0.3) is 30.4 Å². The number of aryl methyl sites for hydroxylation is 1. The van der Waals surface area contributed by atoms with E-state index in [1.807, 2.05) is 50.0 Å². The summed E-state index contributed by atoms with van der Waals surface area (Å²) in [6.45, 7) is 12.0. The van der Waals surface area contributed by atoms with Gasteiger partial charge in [-0.2, -0.15) is 29.8 Å². The molecule has 2 aromatic carbocycles. The van der Waals surface area contributed by atoms with Crippen molar-refractivity contribution in [1.29, 1.82) is 0 Å². The Morgan fingerprint density at radius 2 is 1.56 bits per heavy atom. The van der Waals surface area contributed by atoms with E-state index in [0.717, 1.165) is 28.2 Å². The number of hydrogen-bond acceptors (Lipinski definition) is 9. The summed E-state index contributed by atoms with van der Waals surface area (Å²) in [5.41, 5.74) is 4.75. The molecule has 0 aliphatic carbocycles. The zero-order valence-electron chi connectivity index (χ0n) is 34.5. The second-order valence-electron chi connectivity index (χ2n) is 16.4. The molecule has 2 aliphatic rings. The number of carboxylic acids is 1. The van der Waals surface area contributed by atoms with Crippen LogP contribution in [-0.2, 0) is 50.8 Å². The van der Waals surface area contributed by atoms with Gasteiger partial charge in [0.15, 0.2) is 5.71 Å². The summed E-state index contributed by atoms with van der Waals surface area (Å²) in [4.78, 5) is 25.4. The Labute approximate surface area is 348 Å². The molecule has 326 valence electrons. The number of carbonyl (C=O) groups is 2. The number of benzene rings is 2. The van der Waals surface area contributed by atoms with Crippen molar-refractivity contribution in [3.63, 3.8) is 0 Å². The number of fused-ring (bicyclic) bond motifs is 2. The van der Waals surface area contributed by atoms with Crippen molar-refractivity contribution in [2.24, 2.45) is 5.92 Å². The minimum absolute atomic E-state index is 0.00352. The Morgan fingerprint density at radius 3 is 2.19 bits per heavy atom. The Morgan fingerprint density at radius 1 is 0.881 bits per heavy atom. The average Bonchev–Trinajstić information content (AvgIpc) is 3.48. The van der Waals surface area contributed by atoms with Gasteiger partial charge in [-0.05, 0) is 102 Å². The smallest absolute Gasteiger partial charge is 0.303 e. The van der Waals surface area contributed by atoms with Crippen molar-refractivity contribution in [3.05, 3.63) is 77.0 Å². The predicted molar refractivity (Wildman–Crippen MR) is 226 cm³/mol. The van der Waals surface area contributed by atoms with Gasteiger partial charge in [0, 0.05) is 66.9 Å². The molecule has 3 unspecified atom stereocenters. The highest BCUT2D eigenvalue weighted by Crippen LogP contribution is 2.54. The molecule has 2 aliphatic heterocycles. The van der Waals surface area contributed by atoms with E-state index in [9.17, 15) is 53.6 Å². The zero-order chi connectivity index (χ0) is 44.1. The quantitative estimate of drug-likeness (QED) is 0.0554. The first-order valence-electron chi connectivity index (χ1n) is 19.7. The molecule has 0 saturated heterocycles. The number of allylic oxidation sites excluding steroid dienone is 4. The van der Waals surface area contributed by atoms with Gasteiger partial charge in [-0.25, -0.2) is 0 Å². The van der Waals surface area contributed by atoms with E-state index < -0.39 is 58.2 Å². The maximum absolute atomic E-state index is 12.5. The molecule has 2 heterocycles. The number of amides is 1. The van der Waals surface area contributed by atoms with Crippen molar-refractivity contribution < 1.29 is 58.2 Å². The van der Waals surface area contributed by atoms with Crippen LogP contribution >= 0.6 is 0 Å². The highest BCUT2D eigenvalue weighted by molar-refractivity contribution is 7.86. The van der Waals surface area contributed by atoms with E-state index in [4.69, 9.17) is 0 Å². The lowest BCUT2D eigenvalue weighted by molar-refractivity contribution is -0.438. The highest BCUT2D eigenvalue weighted by Gasteiger charge is 2.48. The SMILES string of the molecule is Cc1ccc2c(c1)C(C)(C)C(C=CC=C1N(CCCS(=O)(=O)O)c3ccc(S(=O)(=O)O)cc3C1(C)C(C)CCCCC(=O)O)=[N+]2CCCCC(=O)NCC(C)S(=O)(=O)O. The summed E-state index contributed by atoms with van der Waals surface area (Å²) in [6.07, 6.45) is 8.75. The number of unbranched alkanes of at least 4 members (excludes halogenated alkanes) is 2. The summed E-state index contributed by atoms with van der Waals surface area (Å²) in [6, 6.07) is 10.5. The van der Waals surface area contributed by atoms with Crippen LogP contribution in [0, 0.1) is 12.8 Å². The molecule has 59 heavy (non-hydrogen) atoms. The fourth-order valence-corrected chi connectivity index (χ4v) is 9.38. The van der Waals surface area contributed by atoms with Gasteiger partial charge in [-0.3, -0.25) is 23.2 Å². The summed E-state index contributed by atoms with van der Waals surface area (Å²) < 4.78 is 102. The van der Waals surface area contributed by atoms with Gasteiger partial charge in [0.05, 0.1) is 16.1 Å². The fraction of sp³-hybridized carbons (Fsp3) is 0.537. The van der Waals surface area contributed by atoms with E-state index in [1.54, 1.807) is 6.07 Å². The van der Waals surface area contributed by atoms with Gasteiger partial charge in [0.1, 0.15) is 11.8 Å². The molecule has 2 aromatic rings. The highest BCUT2D eigenvalue weighted by atomic mass is 32.2. The second-order valence-corrected chi connectivity index (χ2v) is 21.2. The van der Waals surface area contributed by atoms with Crippen LogP contribution in [0.15, 0.2) is 65.2 Å². The largest absolute Gasteiger partial charge is 0.481 e. The van der Waals surface area contributed by atoms with Crippen LogP contribution in [0.2, 0.25) is 0 Å². The summed E-state index contributed by atoms with van der Waals surface area (Å²) in [5, 5.41) is 10.7. The Hall–Kier alpha value is -3.94. The molecular weight excluding hydrogens is 823 g/mol. The van der Waals surface area contributed by atoms with E-state index in [-0.39, 0.29) is 49.1 Å². The molecule has 0 saturated carbocycles. The van der Waals surface area contributed by atoms with Crippen molar-refractivity contribution in [2.45, 2.75) is 114 Å². The van der Waals surface area contributed by atoms with Crippen LogP contribution in [0.25, 0.3) is 0 Å². The lowest BCUT2D eigenvalue weighted by Gasteiger charge is -2.36. The third-order valence-corrected chi connectivity index (χ3v) is 14.5. The number of aliphatic carboxylic acids is 1. The third-order valence-electron chi connectivity index (χ3n) is 11.7. The molecule has 15 nitrogen and oxygen atoms in total. The first-order chi connectivity index (χ1) is 27.3. The van der Waals surface area contributed by atoms with Crippen LogP contribution in [0.4, 0.5) is 11.4 Å². The maximum Gasteiger partial charge on any atom is 0.303 e. The van der Waals surface area contributed by atoms with E-state index >= 15 is 0 Å². The van der Waals surface area contributed by atoms with Crippen LogP contribution < -0.4 is 10.2 Å². The third kappa shape index (κ3) is 11.7. The number of nitrogens with zero attached hydrogens (tertiary/aromatic N) is 2. The van der Waals surface area contributed by atoms with Crippen LogP contribution in [-0.4, -0.2) is 96.8 Å². The van der Waals surface area contributed by atoms with Crippen molar-refractivity contribution in [2.75, 3.05) is 30.3 Å². The summed E-state index contributed by atoms with van der Waals surface area (Å²) in [7, 11) is -13.2. The minimum atomic E-state index is -4.60. The van der Waals surface area contributed by atoms with Gasteiger partial charge in [0.2, 0.25) is 11.6 Å². The number of anilines is 1. The molecule has 3 atom stereocenters. The predicted octanol–water partition coefficient (Wildman–Crippen LogP) is 5.96. The van der Waals surface area contributed by atoms with E-state index in [2.05, 4.69) is 35.9 Å². The molecule has 0 spiro atoms. The van der Waals surface area contributed by atoms with Gasteiger partial charge < -0.3 is 15.3 Å². The number of nitrogens with one attached hydrogen (secondary N) is 1. The number of rotatable bonds is 21. The molecule has 0 radical (unpaired) electrons. The van der Waals surface area contributed by atoms with Crippen LogP contribution in [0.5, 0.6) is 0 Å². The standard InChI is InChI=1S/C41H57N3O12S3/c1-28-18-20-34-32(25-28)40(4,5)36(43(34)22-10-9-16-38(45)42-27-30(3)58(51,52)53)14-11-15-37-41(6,29(2)13-7-8-17-39(46)47)33-26-31(59(54,55)56)19-21-35(33)44(37)23-12-24-57(48,49)50/h11,14-15,18-21,25-26,29-30H,7-10,12-13,16-17,22-24,27H2,1-6H3,(H4-,42,45,46,47,48,49,50,51,52,53,54,55,56)/p+1. The monoisotopic (exact) mass is 880 g/mol. The van der Waals surface area contributed by atoms with Gasteiger partial charge >= 0.3 is 5.97 Å². The first kappa shape index (κ1) is 47.7. The molecule has 0 bridgehead atoms. The average molecular weight is 881 g/mol. The molecule has 18 heteroatoms. The number of carbonyl (C=O) groups excluding carboxylic acids is 1. The van der Waals surface area contributed by atoms with Crippen molar-refractivity contribution in [1.82, 2.24) is 5.32 Å². The summed E-state index contributed by atoms with van der Waals surface area (Å²) in [5.74, 6) is -1.92. The molecule has 1 amide bonds. The Kier molecular flexibility index (Phi) is 15.2.